The van der Waals surface area contributed by atoms with Gasteiger partial charge in [-0.25, -0.2) is 9.97 Å². The minimum atomic E-state index is 0.388. The molecule has 1 saturated carbocycles. The molecule has 0 bridgehead atoms. The molecule has 3 aromatic heterocycles. The van der Waals surface area contributed by atoms with Crippen LogP contribution in [0.4, 0.5) is 0 Å². The first-order valence-corrected chi connectivity index (χ1v) is 6.97. The zero-order valence-corrected chi connectivity index (χ0v) is 11.4. The van der Waals surface area contributed by atoms with Crippen LogP contribution in [0.3, 0.4) is 0 Å². The van der Waals surface area contributed by atoms with Crippen LogP contribution in [0.25, 0.3) is 22.4 Å². The maximum Gasteiger partial charge on any atom is 0.109 e. The summed E-state index contributed by atoms with van der Waals surface area (Å²) in [6.45, 7) is 0.388. The normalized spacial score (nSPS) is 14.5. The minimum Gasteiger partial charge on any atom is -0.325 e. The Morgan fingerprint density at radius 2 is 1.81 bits per heavy atom. The van der Waals surface area contributed by atoms with Crippen LogP contribution in [0.15, 0.2) is 30.9 Å². The van der Waals surface area contributed by atoms with Crippen molar-refractivity contribution in [2.45, 2.75) is 25.3 Å². The zero-order chi connectivity index (χ0) is 14.2. The molecule has 0 aromatic carbocycles. The second kappa shape index (κ2) is 4.82. The molecule has 0 aliphatic heterocycles. The van der Waals surface area contributed by atoms with Crippen molar-refractivity contribution < 1.29 is 0 Å². The Kier molecular flexibility index (Phi) is 2.82. The first kappa shape index (κ1) is 12.3. The van der Waals surface area contributed by atoms with Crippen LogP contribution in [0.1, 0.15) is 30.1 Å². The van der Waals surface area contributed by atoms with E-state index >= 15 is 0 Å². The van der Waals surface area contributed by atoms with Crippen LogP contribution >= 0.6 is 0 Å². The standard InChI is InChI=1S/C15H14N6/c16-4-10-3-11-13(7-18-10)19-8-15(20-11)14-6-17-5-12(21-14)9-1-2-9/h3,5-9H,1-2,4,16H2. The van der Waals surface area contributed by atoms with Gasteiger partial charge in [0.05, 0.1) is 35.5 Å². The summed E-state index contributed by atoms with van der Waals surface area (Å²) in [6.07, 6.45) is 9.38. The van der Waals surface area contributed by atoms with Crippen LogP contribution in [-0.2, 0) is 6.54 Å². The molecule has 4 rings (SSSR count). The fourth-order valence-electron chi connectivity index (χ4n) is 2.27. The van der Waals surface area contributed by atoms with Crippen LogP contribution in [0.2, 0.25) is 0 Å². The highest BCUT2D eigenvalue weighted by Gasteiger charge is 2.25. The maximum absolute atomic E-state index is 5.62. The summed E-state index contributed by atoms with van der Waals surface area (Å²) in [6, 6.07) is 1.87. The molecule has 2 N–H and O–H groups in total. The van der Waals surface area contributed by atoms with Gasteiger partial charge in [0.1, 0.15) is 16.9 Å². The average Bonchev–Trinajstić information content (AvgIpc) is 3.39. The van der Waals surface area contributed by atoms with Gasteiger partial charge in [-0.2, -0.15) is 0 Å². The van der Waals surface area contributed by atoms with E-state index in [-0.39, 0.29) is 0 Å². The van der Waals surface area contributed by atoms with Crippen molar-refractivity contribution in [2.75, 3.05) is 0 Å². The topological polar surface area (TPSA) is 90.5 Å². The molecule has 104 valence electrons. The molecule has 0 atom stereocenters. The van der Waals surface area contributed by atoms with Crippen molar-refractivity contribution in [2.24, 2.45) is 5.73 Å². The van der Waals surface area contributed by atoms with E-state index in [9.17, 15) is 0 Å². The minimum absolute atomic E-state index is 0.388. The largest absolute Gasteiger partial charge is 0.325 e. The van der Waals surface area contributed by atoms with E-state index in [2.05, 4.69) is 24.9 Å². The van der Waals surface area contributed by atoms with Gasteiger partial charge in [0.25, 0.3) is 0 Å². The first-order chi connectivity index (χ1) is 10.3. The van der Waals surface area contributed by atoms with Gasteiger partial charge in [0.15, 0.2) is 0 Å². The highest BCUT2D eigenvalue weighted by molar-refractivity contribution is 5.75. The van der Waals surface area contributed by atoms with Crippen LogP contribution in [0, 0.1) is 0 Å². The molecule has 0 spiro atoms. The van der Waals surface area contributed by atoms with Crippen molar-refractivity contribution in [3.8, 4) is 11.4 Å². The summed E-state index contributed by atoms with van der Waals surface area (Å²) in [5.41, 5.74) is 10.5. The second-order valence-corrected chi connectivity index (χ2v) is 5.23. The summed E-state index contributed by atoms with van der Waals surface area (Å²) in [5.74, 6) is 0.568. The van der Waals surface area contributed by atoms with Gasteiger partial charge in [0.2, 0.25) is 0 Å². The summed E-state index contributed by atoms with van der Waals surface area (Å²) in [5, 5.41) is 0. The van der Waals surface area contributed by atoms with Gasteiger partial charge in [0, 0.05) is 18.7 Å². The van der Waals surface area contributed by atoms with Crippen molar-refractivity contribution in [1.29, 1.82) is 0 Å². The molecule has 3 heterocycles. The highest BCUT2D eigenvalue weighted by atomic mass is 14.9. The van der Waals surface area contributed by atoms with E-state index in [1.807, 2.05) is 12.3 Å². The number of rotatable bonds is 3. The number of nitrogens with zero attached hydrogens (tertiary/aromatic N) is 5. The van der Waals surface area contributed by atoms with Crippen molar-refractivity contribution in [3.05, 3.63) is 42.2 Å². The molecular formula is C15H14N6. The predicted molar refractivity (Wildman–Crippen MR) is 78.2 cm³/mol. The lowest BCUT2D eigenvalue weighted by Crippen LogP contribution is -2.00. The number of hydrogen-bond donors (Lipinski definition) is 1. The molecule has 0 amide bonds. The zero-order valence-electron chi connectivity index (χ0n) is 11.4. The van der Waals surface area contributed by atoms with Crippen LogP contribution in [-0.4, -0.2) is 24.9 Å². The maximum atomic E-state index is 5.62. The molecular weight excluding hydrogens is 264 g/mol. The lowest BCUT2D eigenvalue weighted by Gasteiger charge is -2.04. The fraction of sp³-hybridized carbons (Fsp3) is 0.267. The number of pyridine rings is 1. The number of fused-ring (bicyclic) bond motifs is 1. The molecule has 21 heavy (non-hydrogen) atoms. The van der Waals surface area contributed by atoms with Crippen LogP contribution < -0.4 is 5.73 Å². The Morgan fingerprint density at radius 3 is 2.62 bits per heavy atom. The monoisotopic (exact) mass is 278 g/mol. The van der Waals surface area contributed by atoms with Gasteiger partial charge in [-0.1, -0.05) is 0 Å². The lowest BCUT2D eigenvalue weighted by atomic mass is 10.2. The third-order valence-corrected chi connectivity index (χ3v) is 3.61. The van der Waals surface area contributed by atoms with Crippen molar-refractivity contribution in [3.63, 3.8) is 0 Å². The highest BCUT2D eigenvalue weighted by Crippen LogP contribution is 2.39. The Labute approximate surface area is 121 Å². The van der Waals surface area contributed by atoms with Gasteiger partial charge in [-0.3, -0.25) is 15.0 Å². The molecule has 6 heteroatoms. The Balaban J connectivity index is 1.80. The van der Waals surface area contributed by atoms with E-state index in [1.165, 1.54) is 12.8 Å². The molecule has 1 aliphatic carbocycles. The molecule has 0 unspecified atom stereocenters. The van der Waals surface area contributed by atoms with E-state index in [0.29, 0.717) is 12.5 Å². The molecule has 0 saturated heterocycles. The molecule has 6 nitrogen and oxygen atoms in total. The van der Waals surface area contributed by atoms with E-state index < -0.39 is 0 Å². The number of hydrogen-bond acceptors (Lipinski definition) is 6. The van der Waals surface area contributed by atoms with Crippen molar-refractivity contribution in [1.82, 2.24) is 24.9 Å². The summed E-state index contributed by atoms with van der Waals surface area (Å²) >= 11 is 0. The van der Waals surface area contributed by atoms with Gasteiger partial charge < -0.3 is 5.73 Å². The van der Waals surface area contributed by atoms with Gasteiger partial charge in [-0.15, -0.1) is 0 Å². The molecule has 1 fully saturated rings. The summed E-state index contributed by atoms with van der Waals surface area (Å²) < 4.78 is 0. The first-order valence-electron chi connectivity index (χ1n) is 6.97. The summed E-state index contributed by atoms with van der Waals surface area (Å²) in [7, 11) is 0. The van der Waals surface area contributed by atoms with Crippen LogP contribution in [0.5, 0.6) is 0 Å². The predicted octanol–water partition coefficient (Wildman–Crippen LogP) is 1.82. The second-order valence-electron chi connectivity index (χ2n) is 5.23. The van der Waals surface area contributed by atoms with E-state index in [4.69, 9.17) is 5.73 Å². The third kappa shape index (κ3) is 2.34. The lowest BCUT2D eigenvalue weighted by molar-refractivity contribution is 0.984. The smallest absolute Gasteiger partial charge is 0.109 e. The Morgan fingerprint density at radius 1 is 0.952 bits per heavy atom. The summed E-state index contributed by atoms with van der Waals surface area (Å²) in [4.78, 5) is 22.1. The molecule has 0 radical (unpaired) electrons. The van der Waals surface area contributed by atoms with Crippen molar-refractivity contribution >= 4 is 11.0 Å². The Bertz CT molecular complexity index is 812. The molecule has 1 aliphatic rings. The SMILES string of the molecule is NCc1cc2nc(-c3cncc(C4CC4)n3)cnc2cn1. The molecule has 3 aromatic rings. The van der Waals surface area contributed by atoms with E-state index in [0.717, 1.165) is 33.8 Å². The number of aromatic nitrogens is 5. The quantitative estimate of drug-likeness (QED) is 0.785. The van der Waals surface area contributed by atoms with Gasteiger partial charge in [-0.05, 0) is 18.9 Å². The van der Waals surface area contributed by atoms with E-state index in [1.54, 1.807) is 18.6 Å². The van der Waals surface area contributed by atoms with Gasteiger partial charge >= 0.3 is 0 Å². The third-order valence-electron chi connectivity index (χ3n) is 3.61. The number of nitrogens with two attached hydrogens (primary N) is 1. The average molecular weight is 278 g/mol. The fourth-order valence-corrected chi connectivity index (χ4v) is 2.27. The Hall–Kier alpha value is -2.47.